The van der Waals surface area contributed by atoms with Crippen LogP contribution in [0.3, 0.4) is 0 Å². The molecule has 0 spiro atoms. The van der Waals surface area contributed by atoms with Gasteiger partial charge in [0.1, 0.15) is 0 Å². The van der Waals surface area contributed by atoms with Crippen molar-refractivity contribution in [3.63, 3.8) is 0 Å². The Labute approximate surface area is 126 Å². The maximum Gasteiger partial charge on any atom is 0.328 e. The first-order chi connectivity index (χ1) is 10.6. The van der Waals surface area contributed by atoms with Crippen molar-refractivity contribution in [1.82, 2.24) is 4.98 Å². The standard InChI is InChI=1S/C18H13NO3/c20-17(21)9-7-12-6-8-15-14(10-12)11-16(19-15)18(22)13-4-2-1-3-5-13/h1-11,19H,(H,20,21)/b9-7+. The van der Waals surface area contributed by atoms with Gasteiger partial charge in [-0.05, 0) is 29.8 Å². The molecular weight excluding hydrogens is 278 g/mol. The van der Waals surface area contributed by atoms with Crippen molar-refractivity contribution in [2.45, 2.75) is 0 Å². The molecule has 22 heavy (non-hydrogen) atoms. The lowest BCUT2D eigenvalue weighted by atomic mass is 10.1. The molecule has 3 rings (SSSR count). The molecular formula is C18H13NO3. The number of ketones is 1. The molecule has 0 bridgehead atoms. The normalized spacial score (nSPS) is 11.1. The van der Waals surface area contributed by atoms with E-state index >= 15 is 0 Å². The van der Waals surface area contributed by atoms with E-state index in [0.29, 0.717) is 11.3 Å². The topological polar surface area (TPSA) is 70.2 Å². The van der Waals surface area contributed by atoms with E-state index in [4.69, 9.17) is 5.11 Å². The van der Waals surface area contributed by atoms with E-state index in [2.05, 4.69) is 4.98 Å². The Kier molecular flexibility index (Phi) is 3.58. The number of carboxylic acids is 1. The van der Waals surface area contributed by atoms with E-state index in [0.717, 1.165) is 22.5 Å². The number of benzene rings is 2. The van der Waals surface area contributed by atoms with Crippen LogP contribution in [0.25, 0.3) is 17.0 Å². The predicted molar refractivity (Wildman–Crippen MR) is 84.8 cm³/mol. The van der Waals surface area contributed by atoms with Gasteiger partial charge in [-0.1, -0.05) is 36.4 Å². The van der Waals surface area contributed by atoms with E-state index in [1.807, 2.05) is 30.3 Å². The number of nitrogens with one attached hydrogen (secondary N) is 1. The van der Waals surface area contributed by atoms with E-state index < -0.39 is 5.97 Å². The van der Waals surface area contributed by atoms with Gasteiger partial charge in [0.05, 0.1) is 5.69 Å². The molecule has 4 nitrogen and oxygen atoms in total. The molecule has 0 saturated carbocycles. The van der Waals surface area contributed by atoms with Gasteiger partial charge in [0.25, 0.3) is 0 Å². The van der Waals surface area contributed by atoms with Crippen molar-refractivity contribution in [3.8, 4) is 0 Å². The minimum atomic E-state index is -0.992. The summed E-state index contributed by atoms with van der Waals surface area (Å²) in [5, 5.41) is 9.52. The summed E-state index contributed by atoms with van der Waals surface area (Å²) in [6, 6.07) is 16.3. The SMILES string of the molecule is O=C(O)/C=C/c1ccc2[nH]c(C(=O)c3ccccc3)cc2c1. The second-order valence-corrected chi connectivity index (χ2v) is 4.90. The molecule has 0 fully saturated rings. The van der Waals surface area contributed by atoms with E-state index in [9.17, 15) is 9.59 Å². The van der Waals surface area contributed by atoms with Gasteiger partial charge in [-0.15, -0.1) is 0 Å². The molecule has 4 heteroatoms. The fourth-order valence-corrected chi connectivity index (χ4v) is 2.29. The van der Waals surface area contributed by atoms with Crippen LogP contribution in [-0.4, -0.2) is 21.8 Å². The van der Waals surface area contributed by atoms with Gasteiger partial charge >= 0.3 is 5.97 Å². The maximum absolute atomic E-state index is 12.4. The van der Waals surface area contributed by atoms with Gasteiger partial charge in [0, 0.05) is 22.5 Å². The number of carboxylic acid groups (broad SMARTS) is 1. The van der Waals surface area contributed by atoms with Crippen LogP contribution < -0.4 is 0 Å². The Morgan fingerprint density at radius 3 is 2.50 bits per heavy atom. The van der Waals surface area contributed by atoms with Gasteiger partial charge in [-0.2, -0.15) is 0 Å². The van der Waals surface area contributed by atoms with E-state index in [1.54, 1.807) is 24.3 Å². The lowest BCUT2D eigenvalue weighted by molar-refractivity contribution is -0.131. The first-order valence-electron chi connectivity index (χ1n) is 6.77. The zero-order valence-corrected chi connectivity index (χ0v) is 11.6. The molecule has 108 valence electrons. The second kappa shape index (κ2) is 5.69. The highest BCUT2D eigenvalue weighted by atomic mass is 16.4. The zero-order chi connectivity index (χ0) is 15.5. The Morgan fingerprint density at radius 1 is 1.00 bits per heavy atom. The number of carbonyl (C=O) groups excluding carboxylic acids is 1. The third-order valence-corrected chi connectivity index (χ3v) is 3.34. The fourth-order valence-electron chi connectivity index (χ4n) is 2.29. The summed E-state index contributed by atoms with van der Waals surface area (Å²) >= 11 is 0. The lowest BCUT2D eigenvalue weighted by Gasteiger charge is -1.96. The fraction of sp³-hybridized carbons (Fsp3) is 0. The summed E-state index contributed by atoms with van der Waals surface area (Å²) in [6.07, 6.45) is 2.61. The largest absolute Gasteiger partial charge is 0.478 e. The molecule has 0 atom stereocenters. The minimum Gasteiger partial charge on any atom is -0.478 e. The smallest absolute Gasteiger partial charge is 0.328 e. The predicted octanol–water partition coefficient (Wildman–Crippen LogP) is 3.50. The number of hydrogen-bond donors (Lipinski definition) is 2. The highest BCUT2D eigenvalue weighted by molar-refractivity contribution is 6.10. The highest BCUT2D eigenvalue weighted by Crippen LogP contribution is 2.20. The summed E-state index contributed by atoms with van der Waals surface area (Å²) in [5.41, 5.74) is 2.75. The van der Waals surface area contributed by atoms with Gasteiger partial charge in [0.15, 0.2) is 0 Å². The van der Waals surface area contributed by atoms with Crippen molar-refractivity contribution < 1.29 is 14.7 Å². The number of H-pyrrole nitrogens is 1. The Hall–Kier alpha value is -3.14. The van der Waals surface area contributed by atoms with Crippen molar-refractivity contribution in [1.29, 1.82) is 0 Å². The Morgan fingerprint density at radius 2 is 1.77 bits per heavy atom. The van der Waals surface area contributed by atoms with Crippen LogP contribution in [0.5, 0.6) is 0 Å². The molecule has 0 unspecified atom stereocenters. The van der Waals surface area contributed by atoms with E-state index in [1.165, 1.54) is 6.08 Å². The van der Waals surface area contributed by atoms with Crippen molar-refractivity contribution in [3.05, 3.63) is 77.5 Å². The van der Waals surface area contributed by atoms with Crippen LogP contribution in [-0.2, 0) is 4.79 Å². The van der Waals surface area contributed by atoms with Crippen LogP contribution in [0.15, 0.2) is 60.7 Å². The van der Waals surface area contributed by atoms with Gasteiger partial charge < -0.3 is 10.1 Å². The van der Waals surface area contributed by atoms with Crippen LogP contribution in [0.2, 0.25) is 0 Å². The number of carbonyl (C=O) groups is 2. The molecule has 1 heterocycles. The molecule has 2 N–H and O–H groups in total. The van der Waals surface area contributed by atoms with Crippen LogP contribution in [0.1, 0.15) is 21.6 Å². The maximum atomic E-state index is 12.4. The molecule has 0 aliphatic rings. The number of aromatic nitrogens is 1. The molecule has 0 amide bonds. The van der Waals surface area contributed by atoms with Crippen LogP contribution in [0, 0.1) is 0 Å². The molecule has 0 aliphatic heterocycles. The first kappa shape index (κ1) is 13.8. The van der Waals surface area contributed by atoms with Crippen molar-refractivity contribution in [2.75, 3.05) is 0 Å². The van der Waals surface area contributed by atoms with E-state index in [-0.39, 0.29) is 5.78 Å². The number of aromatic amines is 1. The molecule has 0 aliphatic carbocycles. The first-order valence-corrected chi connectivity index (χ1v) is 6.77. The van der Waals surface area contributed by atoms with Gasteiger partial charge in [0.2, 0.25) is 5.78 Å². The second-order valence-electron chi connectivity index (χ2n) is 4.90. The third kappa shape index (κ3) is 2.81. The average Bonchev–Trinajstić information content (AvgIpc) is 2.96. The molecule has 3 aromatic rings. The molecule has 1 aromatic heterocycles. The lowest BCUT2D eigenvalue weighted by Crippen LogP contribution is -2.00. The van der Waals surface area contributed by atoms with Crippen LogP contribution >= 0.6 is 0 Å². The number of rotatable bonds is 4. The van der Waals surface area contributed by atoms with Crippen LogP contribution in [0.4, 0.5) is 0 Å². The zero-order valence-electron chi connectivity index (χ0n) is 11.6. The summed E-state index contributed by atoms with van der Waals surface area (Å²) in [4.78, 5) is 26.0. The summed E-state index contributed by atoms with van der Waals surface area (Å²) in [7, 11) is 0. The van der Waals surface area contributed by atoms with Gasteiger partial charge in [-0.3, -0.25) is 4.79 Å². The number of hydrogen-bond acceptors (Lipinski definition) is 2. The Bertz CT molecular complexity index is 876. The molecule has 0 radical (unpaired) electrons. The summed E-state index contributed by atoms with van der Waals surface area (Å²) < 4.78 is 0. The van der Waals surface area contributed by atoms with Crippen molar-refractivity contribution >= 4 is 28.7 Å². The monoisotopic (exact) mass is 291 g/mol. The van der Waals surface area contributed by atoms with Gasteiger partial charge in [-0.25, -0.2) is 4.79 Å². The average molecular weight is 291 g/mol. The molecule has 0 saturated heterocycles. The minimum absolute atomic E-state index is 0.0700. The number of fused-ring (bicyclic) bond motifs is 1. The highest BCUT2D eigenvalue weighted by Gasteiger charge is 2.11. The number of aliphatic carboxylic acids is 1. The molecule has 2 aromatic carbocycles. The summed E-state index contributed by atoms with van der Waals surface area (Å²) in [6.45, 7) is 0. The van der Waals surface area contributed by atoms with Crippen molar-refractivity contribution in [2.24, 2.45) is 0 Å². The Balaban J connectivity index is 1.96. The third-order valence-electron chi connectivity index (χ3n) is 3.34. The summed E-state index contributed by atoms with van der Waals surface area (Å²) in [5.74, 6) is -1.06. The quantitative estimate of drug-likeness (QED) is 0.571.